The Bertz CT molecular complexity index is 494. The van der Waals surface area contributed by atoms with E-state index in [4.69, 9.17) is 0 Å². The van der Waals surface area contributed by atoms with Gasteiger partial charge in [0.05, 0.1) is 5.69 Å². The third-order valence-corrected chi connectivity index (χ3v) is 3.01. The van der Waals surface area contributed by atoms with E-state index in [9.17, 15) is 8.78 Å². The van der Waals surface area contributed by atoms with Gasteiger partial charge >= 0.3 is 0 Å². The van der Waals surface area contributed by atoms with Crippen LogP contribution in [0, 0.1) is 18.6 Å². The van der Waals surface area contributed by atoms with Crippen LogP contribution in [0.2, 0.25) is 0 Å². The summed E-state index contributed by atoms with van der Waals surface area (Å²) in [5.74, 6) is -1.16. The second kappa shape index (κ2) is 5.76. The molecule has 0 aromatic heterocycles. The van der Waals surface area contributed by atoms with Crippen molar-refractivity contribution < 1.29 is 8.78 Å². The topological polar surface area (TPSA) is 24.4 Å². The molecule has 1 rings (SSSR count). The van der Waals surface area contributed by atoms with E-state index in [1.807, 2.05) is 20.8 Å². The molecule has 0 bridgehead atoms. The van der Waals surface area contributed by atoms with Crippen LogP contribution in [0.1, 0.15) is 26.3 Å². The lowest BCUT2D eigenvalue weighted by Gasteiger charge is -2.14. The normalized spacial score (nSPS) is 13.4. The summed E-state index contributed by atoms with van der Waals surface area (Å²) in [6, 6.07) is 2.17. The second-order valence-corrected chi connectivity index (χ2v) is 4.26. The SMILES string of the molecule is CN=C(C)/C(C)=C(/C)Nc1c(C)cc(F)cc1F. The molecule has 0 aliphatic carbocycles. The predicted octanol–water partition coefficient (Wildman–Crippen LogP) is 4.07. The standard InChI is InChI=1S/C14H18F2N2/c1-8-6-12(15)7-13(16)14(8)18-11(4)9(2)10(3)17-5/h6-7,18H,1-5H3/b11-9-,17-10?. The lowest BCUT2D eigenvalue weighted by molar-refractivity contribution is 0.584. The summed E-state index contributed by atoms with van der Waals surface area (Å²) in [7, 11) is 1.70. The fraction of sp³-hybridized carbons (Fsp3) is 0.357. The van der Waals surface area contributed by atoms with Crippen molar-refractivity contribution in [2.75, 3.05) is 12.4 Å². The Balaban J connectivity index is 3.13. The first kappa shape index (κ1) is 14.4. The van der Waals surface area contributed by atoms with Gasteiger partial charge in [0.1, 0.15) is 11.6 Å². The molecule has 0 fully saturated rings. The monoisotopic (exact) mass is 252 g/mol. The maximum atomic E-state index is 13.7. The number of aryl methyl sites for hydroxylation is 1. The van der Waals surface area contributed by atoms with Gasteiger partial charge in [0.2, 0.25) is 0 Å². The van der Waals surface area contributed by atoms with Crippen molar-refractivity contribution in [1.29, 1.82) is 0 Å². The fourth-order valence-electron chi connectivity index (χ4n) is 1.58. The summed E-state index contributed by atoms with van der Waals surface area (Å²) in [5.41, 5.74) is 3.45. The van der Waals surface area contributed by atoms with Crippen molar-refractivity contribution in [3.8, 4) is 0 Å². The van der Waals surface area contributed by atoms with E-state index in [2.05, 4.69) is 10.3 Å². The Morgan fingerprint density at radius 1 is 1.17 bits per heavy atom. The Labute approximate surface area is 106 Å². The summed E-state index contributed by atoms with van der Waals surface area (Å²) in [4.78, 5) is 4.08. The molecule has 2 nitrogen and oxygen atoms in total. The number of benzene rings is 1. The fourth-order valence-corrected chi connectivity index (χ4v) is 1.58. The van der Waals surface area contributed by atoms with Gasteiger partial charge in [0.25, 0.3) is 0 Å². The maximum Gasteiger partial charge on any atom is 0.149 e. The summed E-state index contributed by atoms with van der Waals surface area (Å²) in [6.07, 6.45) is 0. The van der Waals surface area contributed by atoms with E-state index in [1.165, 1.54) is 6.07 Å². The Hall–Kier alpha value is -1.71. The molecule has 4 heteroatoms. The number of anilines is 1. The van der Waals surface area contributed by atoms with Crippen LogP contribution in [0.4, 0.5) is 14.5 Å². The smallest absolute Gasteiger partial charge is 0.149 e. The van der Waals surface area contributed by atoms with Gasteiger partial charge in [0, 0.05) is 24.5 Å². The average Bonchev–Trinajstić information content (AvgIpc) is 2.31. The minimum absolute atomic E-state index is 0.303. The van der Waals surface area contributed by atoms with Gasteiger partial charge in [-0.2, -0.15) is 0 Å². The highest BCUT2D eigenvalue weighted by Crippen LogP contribution is 2.23. The molecule has 0 unspecified atom stereocenters. The van der Waals surface area contributed by atoms with Gasteiger partial charge in [-0.1, -0.05) is 0 Å². The predicted molar refractivity (Wildman–Crippen MR) is 72.1 cm³/mol. The molecule has 0 saturated carbocycles. The number of rotatable bonds is 3. The molecular weight excluding hydrogens is 234 g/mol. The molecular formula is C14H18F2N2. The highest BCUT2D eigenvalue weighted by molar-refractivity contribution is 5.98. The number of allylic oxidation sites excluding steroid dienone is 2. The lowest BCUT2D eigenvalue weighted by Crippen LogP contribution is -2.07. The van der Waals surface area contributed by atoms with Crippen LogP contribution in [-0.4, -0.2) is 12.8 Å². The highest BCUT2D eigenvalue weighted by Gasteiger charge is 2.10. The average molecular weight is 252 g/mol. The molecule has 1 aromatic rings. The molecule has 1 aromatic carbocycles. The van der Waals surface area contributed by atoms with Crippen LogP contribution in [0.15, 0.2) is 28.4 Å². The number of hydrogen-bond donors (Lipinski definition) is 1. The Morgan fingerprint density at radius 2 is 1.78 bits per heavy atom. The van der Waals surface area contributed by atoms with E-state index in [0.29, 0.717) is 11.3 Å². The molecule has 0 spiro atoms. The summed E-state index contributed by atoms with van der Waals surface area (Å²) in [6.45, 7) is 7.29. The Kier molecular flexibility index (Phi) is 4.59. The van der Waals surface area contributed by atoms with Gasteiger partial charge in [-0.25, -0.2) is 8.78 Å². The quantitative estimate of drug-likeness (QED) is 0.806. The molecule has 0 radical (unpaired) electrons. The van der Waals surface area contributed by atoms with Crippen LogP contribution >= 0.6 is 0 Å². The van der Waals surface area contributed by atoms with Crippen LogP contribution in [-0.2, 0) is 0 Å². The molecule has 0 aliphatic heterocycles. The zero-order valence-electron chi connectivity index (χ0n) is 11.4. The second-order valence-electron chi connectivity index (χ2n) is 4.26. The molecule has 1 N–H and O–H groups in total. The van der Waals surface area contributed by atoms with Gasteiger partial charge in [-0.15, -0.1) is 0 Å². The third-order valence-electron chi connectivity index (χ3n) is 3.01. The first-order chi connectivity index (χ1) is 8.36. The van der Waals surface area contributed by atoms with E-state index in [-0.39, 0.29) is 0 Å². The molecule has 0 aliphatic rings. The Morgan fingerprint density at radius 3 is 2.28 bits per heavy atom. The van der Waals surface area contributed by atoms with Crippen LogP contribution in [0.25, 0.3) is 0 Å². The van der Waals surface area contributed by atoms with Crippen molar-refractivity contribution in [2.24, 2.45) is 4.99 Å². The van der Waals surface area contributed by atoms with Crippen molar-refractivity contribution in [3.05, 3.63) is 40.6 Å². The number of halogens is 2. The minimum Gasteiger partial charge on any atom is -0.356 e. The van der Waals surface area contributed by atoms with Gasteiger partial charge in [-0.3, -0.25) is 4.99 Å². The van der Waals surface area contributed by atoms with Gasteiger partial charge in [-0.05, 0) is 44.9 Å². The number of aliphatic imine (C=N–C) groups is 1. The van der Waals surface area contributed by atoms with Crippen LogP contribution < -0.4 is 5.32 Å². The number of hydrogen-bond acceptors (Lipinski definition) is 2. The van der Waals surface area contributed by atoms with Crippen molar-refractivity contribution in [2.45, 2.75) is 27.7 Å². The van der Waals surface area contributed by atoms with Crippen molar-refractivity contribution in [3.63, 3.8) is 0 Å². The largest absolute Gasteiger partial charge is 0.356 e. The molecule has 0 saturated heterocycles. The first-order valence-electron chi connectivity index (χ1n) is 5.70. The molecule has 0 heterocycles. The minimum atomic E-state index is -0.592. The maximum absolute atomic E-state index is 13.7. The van der Waals surface area contributed by atoms with Gasteiger partial charge < -0.3 is 5.32 Å². The van der Waals surface area contributed by atoms with Crippen molar-refractivity contribution >= 4 is 11.4 Å². The number of nitrogens with one attached hydrogen (secondary N) is 1. The van der Waals surface area contributed by atoms with E-state index >= 15 is 0 Å². The van der Waals surface area contributed by atoms with E-state index in [1.54, 1.807) is 14.0 Å². The summed E-state index contributed by atoms with van der Waals surface area (Å²) >= 11 is 0. The van der Waals surface area contributed by atoms with E-state index < -0.39 is 11.6 Å². The molecule has 0 atom stereocenters. The number of nitrogens with zero attached hydrogens (tertiary/aromatic N) is 1. The summed E-state index contributed by atoms with van der Waals surface area (Å²) < 4.78 is 26.7. The summed E-state index contributed by atoms with van der Waals surface area (Å²) in [5, 5.41) is 2.98. The van der Waals surface area contributed by atoms with E-state index in [0.717, 1.165) is 23.0 Å². The third kappa shape index (κ3) is 3.15. The lowest BCUT2D eigenvalue weighted by atomic mass is 10.1. The zero-order valence-corrected chi connectivity index (χ0v) is 11.4. The van der Waals surface area contributed by atoms with Crippen LogP contribution in [0.3, 0.4) is 0 Å². The highest BCUT2D eigenvalue weighted by atomic mass is 19.1. The van der Waals surface area contributed by atoms with Crippen LogP contribution in [0.5, 0.6) is 0 Å². The zero-order chi connectivity index (χ0) is 13.9. The molecule has 0 amide bonds. The van der Waals surface area contributed by atoms with Crippen molar-refractivity contribution in [1.82, 2.24) is 0 Å². The molecule has 98 valence electrons. The molecule has 18 heavy (non-hydrogen) atoms. The first-order valence-corrected chi connectivity index (χ1v) is 5.70. The van der Waals surface area contributed by atoms with Gasteiger partial charge in [0.15, 0.2) is 0 Å².